The highest BCUT2D eigenvalue weighted by molar-refractivity contribution is 5.86. The van der Waals surface area contributed by atoms with Crippen molar-refractivity contribution in [3.8, 4) is 0 Å². The van der Waals surface area contributed by atoms with Gasteiger partial charge in [-0.05, 0) is 54.9 Å². The molecule has 5 atom stereocenters. The van der Waals surface area contributed by atoms with Crippen LogP contribution in [0.15, 0.2) is 24.3 Å². The summed E-state index contributed by atoms with van der Waals surface area (Å²) in [4.78, 5) is 12.5. The number of aliphatic hydroxyl groups excluding tert-OH is 3. The Bertz CT molecular complexity index is 526. The maximum atomic E-state index is 12.5. The highest BCUT2D eigenvalue weighted by Crippen LogP contribution is 2.60. The average molecular weight is 336 g/mol. The van der Waals surface area contributed by atoms with Gasteiger partial charge in [-0.2, -0.15) is 0 Å². The molecule has 4 heteroatoms. The largest absolute Gasteiger partial charge is 0.395 e. The number of ketones is 1. The van der Waals surface area contributed by atoms with Crippen LogP contribution in [-0.2, 0) is 4.79 Å². The van der Waals surface area contributed by atoms with Gasteiger partial charge in [-0.15, -0.1) is 0 Å². The molecule has 2 aliphatic carbocycles. The fourth-order valence-electron chi connectivity index (χ4n) is 5.16. The van der Waals surface area contributed by atoms with Crippen molar-refractivity contribution in [3.63, 3.8) is 0 Å². The number of carbonyl (C=O) groups excluding carboxylic acids is 1. The van der Waals surface area contributed by atoms with Gasteiger partial charge in [-0.3, -0.25) is 4.79 Å². The molecule has 0 aromatic heterocycles. The zero-order chi connectivity index (χ0) is 18.1. The zero-order valence-electron chi connectivity index (χ0n) is 15.1. The van der Waals surface area contributed by atoms with Gasteiger partial charge in [0, 0.05) is 6.42 Å². The van der Waals surface area contributed by atoms with Crippen molar-refractivity contribution >= 4 is 5.78 Å². The Kier molecular flexibility index (Phi) is 5.73. The van der Waals surface area contributed by atoms with Gasteiger partial charge in [0.2, 0.25) is 0 Å². The number of Topliss-reactive ketones (excluding diaryl/α,β-unsaturated/α-hetero) is 1. The van der Waals surface area contributed by atoms with E-state index < -0.39 is 11.5 Å². The van der Waals surface area contributed by atoms with E-state index in [1.165, 1.54) is 5.57 Å². The molecule has 2 fully saturated rings. The Morgan fingerprint density at radius 3 is 2.58 bits per heavy atom. The third kappa shape index (κ3) is 3.12. The fourth-order valence-corrected chi connectivity index (χ4v) is 5.16. The summed E-state index contributed by atoms with van der Waals surface area (Å²) >= 11 is 0. The summed E-state index contributed by atoms with van der Waals surface area (Å²) < 4.78 is 0. The first-order valence-electron chi connectivity index (χ1n) is 8.99. The van der Waals surface area contributed by atoms with Gasteiger partial charge in [-0.25, -0.2) is 0 Å². The van der Waals surface area contributed by atoms with Gasteiger partial charge in [0.05, 0.1) is 24.7 Å². The summed E-state index contributed by atoms with van der Waals surface area (Å²) in [5.41, 5.74) is 1.13. The molecule has 0 saturated heterocycles. The van der Waals surface area contributed by atoms with Gasteiger partial charge in [-0.1, -0.05) is 32.6 Å². The molecule has 0 bridgehead atoms. The molecule has 0 heterocycles. The lowest BCUT2D eigenvalue weighted by molar-refractivity contribution is -0.151. The molecule has 24 heavy (non-hydrogen) atoms. The number of carbonyl (C=O) groups is 1. The number of fused-ring (bicyclic) bond motifs is 1. The fraction of sp³-hybridized carbons (Fsp3) is 0.750. The smallest absolute Gasteiger partial charge is 0.141 e. The standard InChI is InChI=1S/C20H32O4/c1-13-6-8-17-19(3,10-9-18(24)20(17,4)12-22)15(13)7-5-14(2)16(23)11-21/h15-17,21-23H,1-2,5-12H2,3-4H3/t15-,16-,17+,19+,20-/m1/s1. The first-order chi connectivity index (χ1) is 11.2. The number of allylic oxidation sites excluding steroid dienone is 1. The number of aliphatic hydroxyl groups is 3. The molecule has 2 aliphatic rings. The Morgan fingerprint density at radius 1 is 1.33 bits per heavy atom. The molecule has 2 rings (SSSR count). The van der Waals surface area contributed by atoms with E-state index in [0.717, 1.165) is 25.7 Å². The van der Waals surface area contributed by atoms with Crippen LogP contribution in [-0.4, -0.2) is 40.4 Å². The zero-order valence-corrected chi connectivity index (χ0v) is 15.1. The van der Waals surface area contributed by atoms with E-state index in [9.17, 15) is 15.0 Å². The number of hydrogen-bond donors (Lipinski definition) is 3. The quantitative estimate of drug-likeness (QED) is 0.652. The molecular weight excluding hydrogens is 304 g/mol. The van der Waals surface area contributed by atoms with E-state index in [4.69, 9.17) is 5.11 Å². The molecule has 4 nitrogen and oxygen atoms in total. The van der Waals surface area contributed by atoms with Crippen molar-refractivity contribution < 1.29 is 20.1 Å². The lowest BCUT2D eigenvalue weighted by Gasteiger charge is -2.57. The van der Waals surface area contributed by atoms with Crippen LogP contribution < -0.4 is 0 Å². The minimum absolute atomic E-state index is 0.0643. The summed E-state index contributed by atoms with van der Waals surface area (Å²) in [6.45, 7) is 11.9. The monoisotopic (exact) mass is 336 g/mol. The minimum Gasteiger partial charge on any atom is -0.395 e. The highest BCUT2D eigenvalue weighted by atomic mass is 16.3. The Balaban J connectivity index is 2.23. The van der Waals surface area contributed by atoms with E-state index in [1.807, 2.05) is 6.92 Å². The Labute approximate surface area is 145 Å². The maximum Gasteiger partial charge on any atom is 0.141 e. The van der Waals surface area contributed by atoms with Crippen molar-refractivity contribution in [2.45, 2.75) is 58.5 Å². The third-order valence-electron chi connectivity index (χ3n) is 6.86. The number of rotatable bonds is 6. The molecule has 0 aromatic carbocycles. The van der Waals surface area contributed by atoms with Crippen LogP contribution in [0.2, 0.25) is 0 Å². The second-order valence-corrected chi connectivity index (χ2v) is 8.20. The lowest BCUT2D eigenvalue weighted by atomic mass is 9.46. The summed E-state index contributed by atoms with van der Waals surface area (Å²) in [5.74, 6) is 0.583. The van der Waals surface area contributed by atoms with Crippen molar-refractivity contribution in [2.75, 3.05) is 13.2 Å². The van der Waals surface area contributed by atoms with Gasteiger partial charge < -0.3 is 15.3 Å². The van der Waals surface area contributed by atoms with Crippen molar-refractivity contribution in [3.05, 3.63) is 24.3 Å². The number of hydrogen-bond acceptors (Lipinski definition) is 4. The highest BCUT2D eigenvalue weighted by Gasteiger charge is 2.57. The lowest BCUT2D eigenvalue weighted by Crippen LogP contribution is -2.55. The van der Waals surface area contributed by atoms with Crippen LogP contribution in [0.1, 0.15) is 52.4 Å². The first-order valence-corrected chi connectivity index (χ1v) is 8.99. The van der Waals surface area contributed by atoms with Crippen molar-refractivity contribution in [1.82, 2.24) is 0 Å². The molecule has 2 saturated carbocycles. The first kappa shape index (κ1) is 19.4. The third-order valence-corrected chi connectivity index (χ3v) is 6.86. The van der Waals surface area contributed by atoms with Crippen LogP contribution in [0, 0.1) is 22.7 Å². The van der Waals surface area contributed by atoms with Gasteiger partial charge in [0.1, 0.15) is 5.78 Å². The SMILES string of the molecule is C=C(CC[C@@H]1C(=C)CC[C@H]2[C@@]1(C)CCC(=O)[C@]2(C)CO)[C@H](O)CO. The van der Waals surface area contributed by atoms with Gasteiger partial charge >= 0.3 is 0 Å². The van der Waals surface area contributed by atoms with E-state index in [2.05, 4.69) is 20.1 Å². The summed E-state index contributed by atoms with van der Waals surface area (Å²) in [7, 11) is 0. The molecule has 0 amide bonds. The molecule has 0 aromatic rings. The molecule has 0 radical (unpaired) electrons. The van der Waals surface area contributed by atoms with Crippen molar-refractivity contribution in [2.24, 2.45) is 22.7 Å². The van der Waals surface area contributed by atoms with E-state index in [1.54, 1.807) is 0 Å². The predicted molar refractivity (Wildman–Crippen MR) is 94.4 cm³/mol. The topological polar surface area (TPSA) is 77.8 Å². The second-order valence-electron chi connectivity index (χ2n) is 8.20. The van der Waals surface area contributed by atoms with E-state index >= 15 is 0 Å². The van der Waals surface area contributed by atoms with Crippen LogP contribution in [0.5, 0.6) is 0 Å². The molecule has 0 unspecified atom stereocenters. The average Bonchev–Trinajstić information content (AvgIpc) is 2.56. The molecule has 3 N–H and O–H groups in total. The summed E-state index contributed by atoms with van der Waals surface area (Å²) in [6, 6.07) is 0. The van der Waals surface area contributed by atoms with Crippen molar-refractivity contribution in [1.29, 1.82) is 0 Å². The van der Waals surface area contributed by atoms with Gasteiger partial charge in [0.25, 0.3) is 0 Å². The second kappa shape index (κ2) is 7.11. The molecule has 0 spiro atoms. The maximum absolute atomic E-state index is 12.5. The summed E-state index contributed by atoms with van der Waals surface area (Å²) in [6.07, 6.45) is 3.69. The molecule has 136 valence electrons. The predicted octanol–water partition coefficient (Wildman–Crippen LogP) is 2.63. The van der Waals surface area contributed by atoms with E-state index in [-0.39, 0.29) is 36.2 Å². The minimum atomic E-state index is -0.874. The van der Waals surface area contributed by atoms with E-state index in [0.29, 0.717) is 18.4 Å². The molecule has 0 aliphatic heterocycles. The van der Waals surface area contributed by atoms with Gasteiger partial charge in [0.15, 0.2) is 0 Å². The molecular formula is C20H32O4. The van der Waals surface area contributed by atoms with Crippen LogP contribution in [0.4, 0.5) is 0 Å². The Hall–Kier alpha value is -0.970. The normalized spacial score (nSPS) is 37.9. The van der Waals surface area contributed by atoms with Crippen LogP contribution in [0.25, 0.3) is 0 Å². The van der Waals surface area contributed by atoms with Crippen LogP contribution in [0.3, 0.4) is 0 Å². The Morgan fingerprint density at radius 2 is 2.00 bits per heavy atom. The summed E-state index contributed by atoms with van der Waals surface area (Å²) in [5, 5.41) is 28.7. The van der Waals surface area contributed by atoms with Crippen LogP contribution >= 0.6 is 0 Å².